The lowest BCUT2D eigenvalue weighted by atomic mass is 10.1. The van der Waals surface area contributed by atoms with Gasteiger partial charge in [0.15, 0.2) is 0 Å². The zero-order valence-corrected chi connectivity index (χ0v) is 12.5. The second kappa shape index (κ2) is 7.74. The van der Waals surface area contributed by atoms with Crippen LogP contribution >= 0.6 is 0 Å². The molecular weight excluding hydrogens is 244 g/mol. The fourth-order valence-electron chi connectivity index (χ4n) is 2.25. The van der Waals surface area contributed by atoms with Crippen molar-refractivity contribution < 1.29 is 4.74 Å². The first-order chi connectivity index (χ1) is 9.79. The number of rotatable bonds is 7. The summed E-state index contributed by atoms with van der Waals surface area (Å²) < 4.78 is 5.86. The summed E-state index contributed by atoms with van der Waals surface area (Å²) >= 11 is 0. The zero-order valence-electron chi connectivity index (χ0n) is 12.5. The third-order valence-corrected chi connectivity index (χ3v) is 3.55. The van der Waals surface area contributed by atoms with Crippen LogP contribution in [-0.2, 0) is 0 Å². The van der Waals surface area contributed by atoms with Crippen LogP contribution in [0.25, 0.3) is 11.1 Å². The molecule has 0 spiro atoms. The van der Waals surface area contributed by atoms with E-state index in [1.807, 2.05) is 6.07 Å². The lowest BCUT2D eigenvalue weighted by Gasteiger charge is -2.13. The smallest absolute Gasteiger partial charge is 0.119 e. The van der Waals surface area contributed by atoms with Crippen LogP contribution in [0.1, 0.15) is 33.1 Å². The van der Waals surface area contributed by atoms with E-state index in [2.05, 4.69) is 62.4 Å². The predicted octanol–water partition coefficient (Wildman–Crippen LogP) is 5.56. The van der Waals surface area contributed by atoms with Crippen molar-refractivity contribution in [2.24, 2.45) is 5.92 Å². The maximum Gasteiger partial charge on any atom is 0.119 e. The Morgan fingerprint density at radius 2 is 1.55 bits per heavy atom. The standard InChI is InChI=1S/C19H24O/c1-3-4-8-16(2)15-20-19-13-11-18(12-14-19)17-9-6-5-7-10-17/h5-7,9-14,16H,3-4,8,15H2,1-2H3. The number of hydrogen-bond acceptors (Lipinski definition) is 1. The van der Waals surface area contributed by atoms with Crippen LogP contribution in [0.15, 0.2) is 54.6 Å². The van der Waals surface area contributed by atoms with E-state index in [4.69, 9.17) is 4.74 Å². The van der Waals surface area contributed by atoms with Gasteiger partial charge in [0.1, 0.15) is 5.75 Å². The van der Waals surface area contributed by atoms with Crippen LogP contribution < -0.4 is 4.74 Å². The summed E-state index contributed by atoms with van der Waals surface area (Å²) in [5, 5.41) is 0. The highest BCUT2D eigenvalue weighted by Gasteiger charge is 2.03. The monoisotopic (exact) mass is 268 g/mol. The Bertz CT molecular complexity index is 487. The molecular formula is C19H24O. The third-order valence-electron chi connectivity index (χ3n) is 3.55. The molecule has 0 saturated carbocycles. The molecule has 0 N–H and O–H groups in total. The zero-order chi connectivity index (χ0) is 14.2. The van der Waals surface area contributed by atoms with Gasteiger partial charge in [0.05, 0.1) is 6.61 Å². The van der Waals surface area contributed by atoms with E-state index >= 15 is 0 Å². The Kier molecular flexibility index (Phi) is 5.67. The predicted molar refractivity (Wildman–Crippen MR) is 86.1 cm³/mol. The normalized spacial score (nSPS) is 12.1. The number of hydrogen-bond donors (Lipinski definition) is 0. The third kappa shape index (κ3) is 4.41. The minimum absolute atomic E-state index is 0.628. The van der Waals surface area contributed by atoms with E-state index < -0.39 is 0 Å². The van der Waals surface area contributed by atoms with Crippen molar-refractivity contribution in [2.75, 3.05) is 6.61 Å². The van der Waals surface area contributed by atoms with E-state index in [1.54, 1.807) is 0 Å². The molecule has 0 amide bonds. The molecule has 0 saturated heterocycles. The summed E-state index contributed by atoms with van der Waals surface area (Å²) in [5.41, 5.74) is 2.48. The summed E-state index contributed by atoms with van der Waals surface area (Å²) in [7, 11) is 0. The Hall–Kier alpha value is -1.76. The fraction of sp³-hybridized carbons (Fsp3) is 0.368. The molecule has 1 heteroatoms. The van der Waals surface area contributed by atoms with Gasteiger partial charge in [-0.2, -0.15) is 0 Å². The van der Waals surface area contributed by atoms with E-state index in [0.717, 1.165) is 12.4 Å². The van der Waals surface area contributed by atoms with Crippen LogP contribution in [0.3, 0.4) is 0 Å². The molecule has 0 heterocycles. The van der Waals surface area contributed by atoms with Gasteiger partial charge in [-0.25, -0.2) is 0 Å². The number of benzene rings is 2. The first kappa shape index (κ1) is 14.6. The van der Waals surface area contributed by atoms with E-state index in [9.17, 15) is 0 Å². The molecule has 2 aromatic rings. The van der Waals surface area contributed by atoms with E-state index in [-0.39, 0.29) is 0 Å². The van der Waals surface area contributed by atoms with Gasteiger partial charge >= 0.3 is 0 Å². The maximum atomic E-state index is 5.86. The van der Waals surface area contributed by atoms with Crippen LogP contribution in [0, 0.1) is 5.92 Å². The van der Waals surface area contributed by atoms with E-state index in [0.29, 0.717) is 5.92 Å². The van der Waals surface area contributed by atoms with Gasteiger partial charge in [0.2, 0.25) is 0 Å². The Morgan fingerprint density at radius 3 is 2.20 bits per heavy atom. The lowest BCUT2D eigenvalue weighted by molar-refractivity contribution is 0.250. The molecule has 2 aromatic carbocycles. The molecule has 0 aliphatic carbocycles. The number of unbranched alkanes of at least 4 members (excludes halogenated alkanes) is 1. The molecule has 1 nitrogen and oxygen atoms in total. The van der Waals surface area contributed by atoms with Gasteiger partial charge in [-0.15, -0.1) is 0 Å². The quantitative estimate of drug-likeness (QED) is 0.639. The van der Waals surface area contributed by atoms with Crippen LogP contribution in [0.5, 0.6) is 5.75 Å². The molecule has 1 unspecified atom stereocenters. The van der Waals surface area contributed by atoms with Crippen molar-refractivity contribution in [3.63, 3.8) is 0 Å². The molecule has 0 aliphatic heterocycles. The molecule has 106 valence electrons. The molecule has 0 aliphatic rings. The van der Waals surface area contributed by atoms with Crippen molar-refractivity contribution in [3.05, 3.63) is 54.6 Å². The number of ether oxygens (including phenoxy) is 1. The maximum absolute atomic E-state index is 5.86. The summed E-state index contributed by atoms with van der Waals surface area (Å²) in [5.74, 6) is 1.59. The molecule has 0 aromatic heterocycles. The van der Waals surface area contributed by atoms with Gasteiger partial charge in [0.25, 0.3) is 0 Å². The molecule has 1 atom stereocenters. The molecule has 0 bridgehead atoms. The highest BCUT2D eigenvalue weighted by molar-refractivity contribution is 5.63. The minimum Gasteiger partial charge on any atom is -0.493 e. The van der Waals surface area contributed by atoms with Gasteiger partial charge in [-0.3, -0.25) is 0 Å². The van der Waals surface area contributed by atoms with Crippen molar-refractivity contribution >= 4 is 0 Å². The summed E-state index contributed by atoms with van der Waals surface area (Å²) in [6, 6.07) is 18.8. The largest absolute Gasteiger partial charge is 0.493 e. The summed E-state index contributed by atoms with van der Waals surface area (Å²) in [6.07, 6.45) is 3.80. The van der Waals surface area contributed by atoms with E-state index in [1.165, 1.54) is 30.4 Å². The molecule has 20 heavy (non-hydrogen) atoms. The Labute approximate surface area is 122 Å². The van der Waals surface area contributed by atoms with Crippen LogP contribution in [0.2, 0.25) is 0 Å². The summed E-state index contributed by atoms with van der Waals surface area (Å²) in [6.45, 7) is 5.30. The SMILES string of the molecule is CCCCC(C)COc1ccc(-c2ccccc2)cc1. The van der Waals surface area contributed by atoms with Gasteiger partial charge in [0, 0.05) is 0 Å². The van der Waals surface area contributed by atoms with Gasteiger partial charge < -0.3 is 4.74 Å². The van der Waals surface area contributed by atoms with Crippen LogP contribution in [0.4, 0.5) is 0 Å². The Balaban J connectivity index is 1.89. The highest BCUT2D eigenvalue weighted by atomic mass is 16.5. The fourth-order valence-corrected chi connectivity index (χ4v) is 2.25. The van der Waals surface area contributed by atoms with Gasteiger partial charge in [-0.05, 0) is 35.6 Å². The van der Waals surface area contributed by atoms with Crippen molar-refractivity contribution in [1.29, 1.82) is 0 Å². The second-order valence-corrected chi connectivity index (χ2v) is 5.45. The molecule has 0 fully saturated rings. The van der Waals surface area contributed by atoms with Crippen molar-refractivity contribution in [1.82, 2.24) is 0 Å². The average molecular weight is 268 g/mol. The molecule has 2 rings (SSSR count). The minimum atomic E-state index is 0.628. The Morgan fingerprint density at radius 1 is 0.900 bits per heavy atom. The van der Waals surface area contributed by atoms with Gasteiger partial charge in [-0.1, -0.05) is 69.2 Å². The molecule has 0 radical (unpaired) electrons. The summed E-state index contributed by atoms with van der Waals surface area (Å²) in [4.78, 5) is 0. The van der Waals surface area contributed by atoms with Crippen molar-refractivity contribution in [3.8, 4) is 16.9 Å². The van der Waals surface area contributed by atoms with Crippen molar-refractivity contribution in [2.45, 2.75) is 33.1 Å². The second-order valence-electron chi connectivity index (χ2n) is 5.45. The lowest BCUT2D eigenvalue weighted by Crippen LogP contribution is -2.08. The first-order valence-electron chi connectivity index (χ1n) is 7.58. The topological polar surface area (TPSA) is 9.23 Å². The van der Waals surface area contributed by atoms with Crippen LogP contribution in [-0.4, -0.2) is 6.61 Å². The first-order valence-corrected chi connectivity index (χ1v) is 7.58. The highest BCUT2D eigenvalue weighted by Crippen LogP contribution is 2.22. The average Bonchev–Trinajstić information content (AvgIpc) is 2.52.